The first-order valence-corrected chi connectivity index (χ1v) is 8.78. The molecule has 6 heteroatoms. The molecule has 2 aromatic rings. The standard InChI is InChI=1S/C19H26N4O.ClH/c1-23-18(13-17(22-23)15-10-6-3-7-11-15)21-19(24)16(20)12-14-8-4-2-5-9-14;/h2,4-5,8-9,13,15-16H,3,6-7,10-12,20H2,1H3,(H,21,24);1H/t16-;/m0./s1. The van der Waals surface area contributed by atoms with Crippen molar-refractivity contribution in [3.63, 3.8) is 0 Å². The van der Waals surface area contributed by atoms with Gasteiger partial charge >= 0.3 is 0 Å². The van der Waals surface area contributed by atoms with Gasteiger partial charge in [-0.3, -0.25) is 9.48 Å². The minimum absolute atomic E-state index is 0. The van der Waals surface area contributed by atoms with Crippen molar-refractivity contribution in [2.75, 3.05) is 5.32 Å². The quantitative estimate of drug-likeness (QED) is 0.856. The number of aromatic nitrogens is 2. The smallest absolute Gasteiger partial charge is 0.242 e. The van der Waals surface area contributed by atoms with Crippen molar-refractivity contribution in [1.82, 2.24) is 9.78 Å². The van der Waals surface area contributed by atoms with E-state index in [0.717, 1.165) is 17.1 Å². The molecule has 25 heavy (non-hydrogen) atoms. The molecule has 1 aromatic heterocycles. The molecule has 3 rings (SSSR count). The van der Waals surface area contributed by atoms with Crippen molar-refractivity contribution >= 4 is 24.1 Å². The number of anilines is 1. The summed E-state index contributed by atoms with van der Waals surface area (Å²) in [7, 11) is 1.87. The number of nitrogens with one attached hydrogen (secondary N) is 1. The maximum Gasteiger partial charge on any atom is 0.242 e. The van der Waals surface area contributed by atoms with Crippen molar-refractivity contribution in [3.8, 4) is 0 Å². The molecule has 1 amide bonds. The number of hydrogen-bond donors (Lipinski definition) is 2. The molecule has 0 bridgehead atoms. The Morgan fingerprint density at radius 2 is 1.96 bits per heavy atom. The number of hydrogen-bond acceptors (Lipinski definition) is 3. The zero-order valence-electron chi connectivity index (χ0n) is 14.6. The molecule has 1 heterocycles. The largest absolute Gasteiger partial charge is 0.320 e. The molecule has 136 valence electrons. The van der Waals surface area contributed by atoms with Gasteiger partial charge in [-0.1, -0.05) is 49.6 Å². The van der Waals surface area contributed by atoms with Gasteiger partial charge in [0.2, 0.25) is 5.91 Å². The molecule has 1 aliphatic carbocycles. The van der Waals surface area contributed by atoms with Gasteiger partial charge in [0.1, 0.15) is 5.82 Å². The van der Waals surface area contributed by atoms with Gasteiger partial charge in [0, 0.05) is 19.0 Å². The molecule has 5 nitrogen and oxygen atoms in total. The summed E-state index contributed by atoms with van der Waals surface area (Å²) in [6, 6.07) is 11.3. The van der Waals surface area contributed by atoms with E-state index in [1.165, 1.54) is 32.1 Å². The van der Waals surface area contributed by atoms with Crippen LogP contribution in [0.1, 0.15) is 49.3 Å². The molecule has 0 unspecified atom stereocenters. The van der Waals surface area contributed by atoms with E-state index in [1.807, 2.05) is 43.4 Å². The number of amides is 1. The van der Waals surface area contributed by atoms with Crippen LogP contribution in [0.4, 0.5) is 5.82 Å². The number of halogens is 1. The van der Waals surface area contributed by atoms with E-state index < -0.39 is 6.04 Å². The summed E-state index contributed by atoms with van der Waals surface area (Å²) in [6.45, 7) is 0. The predicted molar refractivity (Wildman–Crippen MR) is 103 cm³/mol. The summed E-state index contributed by atoms with van der Waals surface area (Å²) in [4.78, 5) is 12.4. The van der Waals surface area contributed by atoms with Crippen molar-refractivity contribution in [2.45, 2.75) is 50.5 Å². The lowest BCUT2D eigenvalue weighted by Crippen LogP contribution is -2.37. The first-order valence-electron chi connectivity index (χ1n) is 8.78. The highest BCUT2D eigenvalue weighted by Gasteiger charge is 2.21. The number of benzene rings is 1. The Morgan fingerprint density at radius 3 is 2.64 bits per heavy atom. The molecule has 1 saturated carbocycles. The lowest BCUT2D eigenvalue weighted by atomic mass is 9.87. The molecular formula is C19H27ClN4O. The van der Waals surface area contributed by atoms with Crippen molar-refractivity contribution < 1.29 is 4.79 Å². The highest BCUT2D eigenvalue weighted by atomic mass is 35.5. The summed E-state index contributed by atoms with van der Waals surface area (Å²) < 4.78 is 1.75. The van der Waals surface area contributed by atoms with Crippen molar-refractivity contribution in [2.24, 2.45) is 12.8 Å². The Bertz CT molecular complexity index is 680. The lowest BCUT2D eigenvalue weighted by Gasteiger charge is -2.19. The summed E-state index contributed by atoms with van der Waals surface area (Å²) in [6.07, 6.45) is 6.77. The van der Waals surface area contributed by atoms with E-state index >= 15 is 0 Å². The number of nitrogens with zero attached hydrogens (tertiary/aromatic N) is 2. The summed E-state index contributed by atoms with van der Waals surface area (Å²) in [5.41, 5.74) is 8.21. The minimum atomic E-state index is -0.569. The molecule has 0 spiro atoms. The number of aryl methyl sites for hydroxylation is 1. The maximum atomic E-state index is 12.4. The Hall–Kier alpha value is -1.85. The molecule has 1 aliphatic rings. The molecule has 1 atom stereocenters. The number of carbonyl (C=O) groups is 1. The van der Waals surface area contributed by atoms with E-state index in [0.29, 0.717) is 12.3 Å². The van der Waals surface area contributed by atoms with Gasteiger partial charge in [-0.05, 0) is 24.8 Å². The summed E-state index contributed by atoms with van der Waals surface area (Å²) in [5.74, 6) is 1.08. The van der Waals surface area contributed by atoms with Crippen molar-refractivity contribution in [3.05, 3.63) is 47.7 Å². The van der Waals surface area contributed by atoms with Gasteiger partial charge in [-0.15, -0.1) is 12.4 Å². The van der Waals surface area contributed by atoms with Gasteiger partial charge < -0.3 is 11.1 Å². The molecule has 1 aromatic carbocycles. The zero-order chi connectivity index (χ0) is 16.9. The minimum Gasteiger partial charge on any atom is -0.320 e. The second kappa shape index (κ2) is 9.02. The monoisotopic (exact) mass is 362 g/mol. The van der Waals surface area contributed by atoms with Crippen LogP contribution in [0.3, 0.4) is 0 Å². The zero-order valence-corrected chi connectivity index (χ0v) is 15.5. The first-order chi connectivity index (χ1) is 11.6. The number of carbonyl (C=O) groups excluding carboxylic acids is 1. The van der Waals surface area contributed by atoms with Crippen LogP contribution in [-0.4, -0.2) is 21.7 Å². The van der Waals surface area contributed by atoms with E-state index in [1.54, 1.807) is 4.68 Å². The first kappa shape index (κ1) is 19.5. The topological polar surface area (TPSA) is 72.9 Å². The van der Waals surface area contributed by atoms with Gasteiger partial charge in [0.15, 0.2) is 0 Å². The molecule has 0 saturated heterocycles. The van der Waals surface area contributed by atoms with Crippen LogP contribution in [0.15, 0.2) is 36.4 Å². The van der Waals surface area contributed by atoms with Crippen LogP contribution < -0.4 is 11.1 Å². The fourth-order valence-electron chi connectivity index (χ4n) is 3.38. The van der Waals surface area contributed by atoms with Crippen LogP contribution in [0.5, 0.6) is 0 Å². The highest BCUT2D eigenvalue weighted by Crippen LogP contribution is 2.32. The fraction of sp³-hybridized carbons (Fsp3) is 0.474. The number of nitrogens with two attached hydrogens (primary N) is 1. The molecular weight excluding hydrogens is 336 g/mol. The predicted octanol–water partition coefficient (Wildman–Crippen LogP) is 3.40. The van der Waals surface area contributed by atoms with Gasteiger partial charge in [-0.25, -0.2) is 0 Å². The third kappa shape index (κ3) is 5.06. The molecule has 0 aliphatic heterocycles. The average Bonchev–Trinajstić information content (AvgIpc) is 2.97. The Balaban J connectivity index is 0.00000225. The Morgan fingerprint density at radius 1 is 1.28 bits per heavy atom. The van der Waals surface area contributed by atoms with Gasteiger partial charge in [0.25, 0.3) is 0 Å². The summed E-state index contributed by atoms with van der Waals surface area (Å²) in [5, 5.41) is 7.52. The second-order valence-corrected chi connectivity index (χ2v) is 6.70. The third-order valence-electron chi connectivity index (χ3n) is 4.81. The van der Waals surface area contributed by atoms with E-state index in [2.05, 4.69) is 10.4 Å². The highest BCUT2D eigenvalue weighted by molar-refractivity contribution is 5.94. The van der Waals surface area contributed by atoms with Crippen LogP contribution in [0.25, 0.3) is 0 Å². The second-order valence-electron chi connectivity index (χ2n) is 6.70. The molecule has 3 N–H and O–H groups in total. The SMILES string of the molecule is Cl.Cn1nc(C2CCCCC2)cc1NC(=O)[C@@H](N)Cc1ccccc1. The Kier molecular flexibility index (Phi) is 7.02. The van der Waals surface area contributed by atoms with Crippen LogP contribution >= 0.6 is 12.4 Å². The van der Waals surface area contributed by atoms with Crippen LogP contribution in [-0.2, 0) is 18.3 Å². The van der Waals surface area contributed by atoms with E-state index in [9.17, 15) is 4.79 Å². The van der Waals surface area contributed by atoms with Crippen LogP contribution in [0, 0.1) is 0 Å². The van der Waals surface area contributed by atoms with Crippen LogP contribution in [0.2, 0.25) is 0 Å². The maximum absolute atomic E-state index is 12.4. The number of rotatable bonds is 5. The Labute approximate surface area is 155 Å². The lowest BCUT2D eigenvalue weighted by molar-refractivity contribution is -0.117. The normalized spacial score (nSPS) is 16.1. The van der Waals surface area contributed by atoms with Crippen molar-refractivity contribution in [1.29, 1.82) is 0 Å². The summed E-state index contributed by atoms with van der Waals surface area (Å²) >= 11 is 0. The molecule has 0 radical (unpaired) electrons. The van der Waals surface area contributed by atoms with E-state index in [4.69, 9.17) is 5.73 Å². The third-order valence-corrected chi connectivity index (χ3v) is 4.81. The fourth-order valence-corrected chi connectivity index (χ4v) is 3.38. The van der Waals surface area contributed by atoms with Gasteiger partial charge in [0.05, 0.1) is 11.7 Å². The molecule has 1 fully saturated rings. The van der Waals surface area contributed by atoms with Gasteiger partial charge in [-0.2, -0.15) is 5.10 Å². The van der Waals surface area contributed by atoms with E-state index in [-0.39, 0.29) is 18.3 Å². The average molecular weight is 363 g/mol.